The summed E-state index contributed by atoms with van der Waals surface area (Å²) in [6.45, 7) is 1.88. The Hall–Kier alpha value is -1.61. The molecule has 0 unspecified atom stereocenters. The second-order valence-electron chi connectivity index (χ2n) is 2.84. The molecule has 3 heteroatoms. The van der Waals surface area contributed by atoms with Gasteiger partial charge in [0.1, 0.15) is 0 Å². The van der Waals surface area contributed by atoms with Crippen LogP contribution in [0.5, 0.6) is 0 Å². The first-order valence-corrected chi connectivity index (χ1v) is 4.44. The topological polar surface area (TPSA) is 52.3 Å². The fourth-order valence-electron chi connectivity index (χ4n) is 1.13. The van der Waals surface area contributed by atoms with Crippen molar-refractivity contribution in [3.8, 4) is 0 Å². The van der Waals surface area contributed by atoms with E-state index in [0.29, 0.717) is 12.0 Å². The third-order valence-corrected chi connectivity index (χ3v) is 1.89. The molecule has 0 atom stereocenters. The Balaban J connectivity index is 2.89. The predicted molar refractivity (Wildman–Crippen MR) is 55.0 cm³/mol. The zero-order chi connectivity index (χ0) is 10.4. The molecular weight excluding hydrogens is 178 g/mol. The van der Waals surface area contributed by atoms with Crippen LogP contribution in [0.1, 0.15) is 18.9 Å². The number of carbonyl (C=O) groups is 1. The van der Waals surface area contributed by atoms with Gasteiger partial charge in [-0.1, -0.05) is 37.3 Å². The van der Waals surface area contributed by atoms with Crippen LogP contribution in [-0.2, 0) is 9.63 Å². The van der Waals surface area contributed by atoms with Crippen molar-refractivity contribution in [2.75, 3.05) is 0 Å². The van der Waals surface area contributed by atoms with E-state index in [1.807, 2.05) is 37.3 Å². The molecule has 0 aliphatic heterocycles. The van der Waals surface area contributed by atoms with Gasteiger partial charge in [0.2, 0.25) is 0 Å². The molecular formula is C11H13NO2. The molecule has 3 nitrogen and oxygen atoms in total. The molecule has 0 aromatic heterocycles. The molecule has 0 radical (unpaired) electrons. The van der Waals surface area contributed by atoms with E-state index >= 15 is 0 Å². The minimum Gasteiger partial charge on any atom is -0.370 e. The molecule has 0 saturated heterocycles. The minimum absolute atomic E-state index is 0.476. The van der Waals surface area contributed by atoms with Gasteiger partial charge in [0.05, 0.1) is 0 Å². The molecule has 1 rings (SSSR count). The number of benzene rings is 1. The lowest BCUT2D eigenvalue weighted by atomic mass is 10.1. The third-order valence-electron chi connectivity index (χ3n) is 1.89. The molecule has 1 aromatic carbocycles. The Bertz CT molecular complexity index is 330. The highest BCUT2D eigenvalue weighted by Gasteiger charge is 2.06. The molecule has 2 N–H and O–H groups in total. The summed E-state index contributed by atoms with van der Waals surface area (Å²) in [4.78, 5) is 15.3. The van der Waals surface area contributed by atoms with E-state index in [1.54, 1.807) is 6.08 Å². The van der Waals surface area contributed by atoms with E-state index in [9.17, 15) is 4.79 Å². The van der Waals surface area contributed by atoms with Crippen LogP contribution in [0.4, 0.5) is 0 Å². The van der Waals surface area contributed by atoms with Crippen molar-refractivity contribution in [3.63, 3.8) is 0 Å². The quantitative estimate of drug-likeness (QED) is 0.586. The molecule has 0 aliphatic carbocycles. The first-order valence-electron chi connectivity index (χ1n) is 4.44. The maximum atomic E-state index is 11.1. The van der Waals surface area contributed by atoms with Gasteiger partial charge in [-0.05, 0) is 18.1 Å². The Morgan fingerprint density at radius 3 is 2.57 bits per heavy atom. The number of hydrogen-bond donors (Lipinski definition) is 1. The van der Waals surface area contributed by atoms with Gasteiger partial charge in [0, 0.05) is 5.57 Å². The number of nitrogens with two attached hydrogens (primary N) is 1. The second kappa shape index (κ2) is 5.19. The van der Waals surface area contributed by atoms with Crippen molar-refractivity contribution < 1.29 is 9.63 Å². The molecule has 0 spiro atoms. The standard InChI is InChI=1S/C11H13NO2/c1-2-10(11(13)14-12)8-9-6-4-3-5-7-9/h3-8H,2,12H2,1H3. The molecule has 0 aliphatic rings. The van der Waals surface area contributed by atoms with E-state index < -0.39 is 5.97 Å². The van der Waals surface area contributed by atoms with E-state index in [0.717, 1.165) is 5.56 Å². The second-order valence-corrected chi connectivity index (χ2v) is 2.84. The molecule has 74 valence electrons. The van der Waals surface area contributed by atoms with Crippen molar-refractivity contribution in [1.82, 2.24) is 0 Å². The van der Waals surface area contributed by atoms with Crippen LogP contribution >= 0.6 is 0 Å². The third kappa shape index (κ3) is 2.71. The van der Waals surface area contributed by atoms with E-state index in [2.05, 4.69) is 4.84 Å². The fourth-order valence-corrected chi connectivity index (χ4v) is 1.13. The van der Waals surface area contributed by atoms with Crippen LogP contribution in [-0.4, -0.2) is 5.97 Å². The zero-order valence-corrected chi connectivity index (χ0v) is 8.07. The normalized spacial score (nSPS) is 11.1. The number of rotatable bonds is 3. The Morgan fingerprint density at radius 2 is 2.07 bits per heavy atom. The van der Waals surface area contributed by atoms with Crippen LogP contribution in [0.25, 0.3) is 6.08 Å². The minimum atomic E-state index is -0.476. The van der Waals surface area contributed by atoms with Crippen LogP contribution in [0, 0.1) is 0 Å². The van der Waals surface area contributed by atoms with E-state index in [-0.39, 0.29) is 0 Å². The SMILES string of the molecule is CCC(=Cc1ccccc1)C(=O)ON. The van der Waals surface area contributed by atoms with Gasteiger partial charge in [0.25, 0.3) is 0 Å². The molecule has 0 fully saturated rings. The van der Waals surface area contributed by atoms with Crippen LogP contribution in [0.2, 0.25) is 0 Å². The summed E-state index contributed by atoms with van der Waals surface area (Å²) in [6.07, 6.45) is 2.38. The largest absolute Gasteiger partial charge is 0.370 e. The Morgan fingerprint density at radius 1 is 1.43 bits per heavy atom. The monoisotopic (exact) mass is 191 g/mol. The highest BCUT2D eigenvalue weighted by molar-refractivity contribution is 5.93. The summed E-state index contributed by atoms with van der Waals surface area (Å²) in [5.74, 6) is 4.34. The van der Waals surface area contributed by atoms with Gasteiger partial charge in [0.15, 0.2) is 0 Å². The van der Waals surface area contributed by atoms with Crippen LogP contribution in [0.15, 0.2) is 35.9 Å². The first-order chi connectivity index (χ1) is 6.77. The van der Waals surface area contributed by atoms with Crippen LogP contribution < -0.4 is 5.90 Å². The average molecular weight is 191 g/mol. The molecule has 0 heterocycles. The fraction of sp³-hybridized carbons (Fsp3) is 0.182. The van der Waals surface area contributed by atoms with E-state index in [4.69, 9.17) is 5.90 Å². The van der Waals surface area contributed by atoms with Gasteiger partial charge in [-0.3, -0.25) is 0 Å². The van der Waals surface area contributed by atoms with Gasteiger partial charge >= 0.3 is 5.97 Å². The number of carbonyl (C=O) groups excluding carboxylic acids is 1. The summed E-state index contributed by atoms with van der Waals surface area (Å²) in [7, 11) is 0. The van der Waals surface area contributed by atoms with Gasteiger partial charge in [-0.2, -0.15) is 5.90 Å². The maximum Gasteiger partial charge on any atom is 0.352 e. The van der Waals surface area contributed by atoms with Crippen LogP contribution in [0.3, 0.4) is 0 Å². The van der Waals surface area contributed by atoms with Crippen molar-refractivity contribution in [2.24, 2.45) is 5.90 Å². The first kappa shape index (κ1) is 10.5. The molecule has 0 amide bonds. The summed E-state index contributed by atoms with van der Waals surface area (Å²) in [6, 6.07) is 9.57. The van der Waals surface area contributed by atoms with Crippen molar-refractivity contribution >= 4 is 12.0 Å². The highest BCUT2D eigenvalue weighted by Crippen LogP contribution is 2.10. The van der Waals surface area contributed by atoms with Gasteiger partial charge in [-0.15, -0.1) is 0 Å². The number of hydrogen-bond acceptors (Lipinski definition) is 3. The van der Waals surface area contributed by atoms with Gasteiger partial charge < -0.3 is 4.84 Å². The van der Waals surface area contributed by atoms with Crippen molar-refractivity contribution in [3.05, 3.63) is 41.5 Å². The highest BCUT2D eigenvalue weighted by atomic mass is 16.7. The smallest absolute Gasteiger partial charge is 0.352 e. The molecule has 1 aromatic rings. The Labute approximate surface area is 83.1 Å². The lowest BCUT2D eigenvalue weighted by Gasteiger charge is -2.00. The molecule has 0 saturated carbocycles. The Kier molecular flexibility index (Phi) is 3.88. The summed E-state index contributed by atoms with van der Waals surface area (Å²) >= 11 is 0. The maximum absolute atomic E-state index is 11.1. The van der Waals surface area contributed by atoms with Crippen molar-refractivity contribution in [2.45, 2.75) is 13.3 Å². The predicted octanol–water partition coefficient (Wildman–Crippen LogP) is 1.90. The summed E-state index contributed by atoms with van der Waals surface area (Å²) in [5.41, 5.74) is 1.54. The van der Waals surface area contributed by atoms with E-state index in [1.165, 1.54) is 0 Å². The lowest BCUT2D eigenvalue weighted by Crippen LogP contribution is -2.11. The van der Waals surface area contributed by atoms with Gasteiger partial charge in [-0.25, -0.2) is 4.79 Å². The summed E-state index contributed by atoms with van der Waals surface area (Å²) in [5, 5.41) is 0. The molecule has 14 heavy (non-hydrogen) atoms. The average Bonchev–Trinajstić information content (AvgIpc) is 2.26. The lowest BCUT2D eigenvalue weighted by molar-refractivity contribution is -0.139. The van der Waals surface area contributed by atoms with Crippen molar-refractivity contribution in [1.29, 1.82) is 0 Å². The molecule has 0 bridgehead atoms. The zero-order valence-electron chi connectivity index (χ0n) is 8.07. The summed E-state index contributed by atoms with van der Waals surface area (Å²) < 4.78 is 0.